The second-order valence-corrected chi connectivity index (χ2v) is 18.3. The molecule has 0 saturated carbocycles. The number of hydrogen-bond donors (Lipinski definition) is 10. The van der Waals surface area contributed by atoms with Gasteiger partial charge in [0.15, 0.2) is 31.1 Å². The third kappa shape index (κ3) is 14.2. The molecule has 0 aliphatic carbocycles. The van der Waals surface area contributed by atoms with E-state index in [4.69, 9.17) is 56.8 Å². The molecule has 0 radical (unpaired) electrons. The molecule has 4 saturated heterocycles. The maximum absolute atomic E-state index is 14.0. The average Bonchev–Trinajstić information content (AvgIpc) is 3.78. The second kappa shape index (κ2) is 26.7. The van der Waals surface area contributed by atoms with Crippen molar-refractivity contribution in [1.82, 2.24) is 0 Å². The first kappa shape index (κ1) is 59.6. The Kier molecular flexibility index (Phi) is 20.4. The lowest BCUT2D eigenvalue weighted by atomic mass is 9.95. The Morgan fingerprint density at radius 3 is 1.62 bits per heavy atom. The number of esters is 5. The summed E-state index contributed by atoms with van der Waals surface area (Å²) in [5, 5.41) is 109. The minimum absolute atomic E-state index is 0.0372. The SMILES string of the molecule is CC(=O)OC[C@@H]1O[C@@H](O[C@@H]2[C@@H](O[C@@H]3O[C@@H](CO)[C@@H](O)[C@@H](O)[C@@H]3O)[C@H](O[C@]3(COC(=O)c4ccccc4)O[C@@H](CO)[C@H](O)[C@H]3OC(=O)c3ccccc3)O[C@H](COC(C)=O)[C@H]2OC(=O)C=Cc2ccc(O)cc2)[C@@H](O)[C@H](O)[C@H]1O. The van der Waals surface area contributed by atoms with E-state index in [0.29, 0.717) is 5.56 Å². The molecule has 27 heteroatoms. The molecule has 4 aliphatic heterocycles. The monoisotopic (exact) mass is 1100 g/mol. The van der Waals surface area contributed by atoms with E-state index in [1.165, 1.54) is 78.9 Å². The van der Waals surface area contributed by atoms with E-state index in [2.05, 4.69) is 0 Å². The number of aliphatic hydroxyl groups is 9. The quantitative estimate of drug-likeness (QED) is 0.0308. The van der Waals surface area contributed by atoms with Crippen LogP contribution in [0.5, 0.6) is 5.75 Å². The summed E-state index contributed by atoms with van der Waals surface area (Å²) in [6.45, 7) is -2.84. The molecule has 4 aliphatic rings. The lowest BCUT2D eigenvalue weighted by molar-refractivity contribution is -0.421. The molecule has 4 fully saturated rings. The maximum Gasteiger partial charge on any atom is 0.338 e. The van der Waals surface area contributed by atoms with Crippen LogP contribution in [0.2, 0.25) is 0 Å². The fourth-order valence-electron chi connectivity index (χ4n) is 8.70. The van der Waals surface area contributed by atoms with Crippen LogP contribution in [-0.4, -0.2) is 230 Å². The fourth-order valence-corrected chi connectivity index (χ4v) is 8.70. The zero-order chi connectivity index (χ0) is 56.4. The smallest absolute Gasteiger partial charge is 0.338 e. The van der Waals surface area contributed by atoms with Gasteiger partial charge in [-0.25, -0.2) is 14.4 Å². The summed E-state index contributed by atoms with van der Waals surface area (Å²) in [6, 6.07) is 20.1. The first-order valence-corrected chi connectivity index (χ1v) is 24.3. The van der Waals surface area contributed by atoms with Crippen molar-refractivity contribution in [2.75, 3.05) is 33.0 Å². The normalized spacial score (nSPS) is 34.9. The highest BCUT2D eigenvalue weighted by Crippen LogP contribution is 2.42. The maximum atomic E-state index is 14.0. The van der Waals surface area contributed by atoms with Crippen molar-refractivity contribution < 1.29 is 132 Å². The van der Waals surface area contributed by atoms with Gasteiger partial charge in [-0.1, -0.05) is 48.5 Å². The Morgan fingerprint density at radius 1 is 0.538 bits per heavy atom. The third-order valence-electron chi connectivity index (χ3n) is 12.8. The number of aromatic hydroxyl groups is 1. The number of benzene rings is 3. The van der Waals surface area contributed by atoms with Gasteiger partial charge in [0, 0.05) is 19.9 Å². The van der Waals surface area contributed by atoms with Gasteiger partial charge in [-0.05, 0) is 48.0 Å². The summed E-state index contributed by atoms with van der Waals surface area (Å²) < 4.78 is 71.3. The molecule has 0 unspecified atom stereocenters. The molecule has 0 spiro atoms. The standard InChI is InChI=1S/C51H60O27/c1-24(54)67-21-32-36(59)39(62)41(64)49(71-32)74-43-42(73-34(57)18-15-26-13-16-29(56)17-14-26)33(22-68-25(2)55)72-50(44(43)75-48-40(63)38(61)35(58)30(19-52)70-48)78-51(23-69-46(65)27-9-5-3-6-10-27)45(37(60)31(20-53)77-51)76-47(66)28-11-7-4-8-12-28/h3-18,30-33,35-45,48-50,52-53,56,58-64H,19-23H2,1-2H3/t30-,31-,32-,33+,35+,36-,37-,38+,39+,40-,41-,42+,43-,44+,45+,48-,49-,50-,51-/m0/s1. The average molecular weight is 1110 g/mol. The van der Waals surface area contributed by atoms with Crippen LogP contribution >= 0.6 is 0 Å². The van der Waals surface area contributed by atoms with Gasteiger partial charge < -0.3 is 108 Å². The van der Waals surface area contributed by atoms with Crippen molar-refractivity contribution >= 4 is 35.9 Å². The third-order valence-corrected chi connectivity index (χ3v) is 12.8. The number of ether oxygens (including phenoxy) is 12. The van der Waals surface area contributed by atoms with E-state index in [1.807, 2.05) is 0 Å². The highest BCUT2D eigenvalue weighted by molar-refractivity contribution is 5.90. The largest absolute Gasteiger partial charge is 0.508 e. The van der Waals surface area contributed by atoms with Crippen molar-refractivity contribution in [3.63, 3.8) is 0 Å². The van der Waals surface area contributed by atoms with Crippen LogP contribution in [0.3, 0.4) is 0 Å². The zero-order valence-corrected chi connectivity index (χ0v) is 41.6. The molecule has 7 rings (SSSR count). The Morgan fingerprint density at radius 2 is 1.05 bits per heavy atom. The number of phenolic OH excluding ortho intramolecular Hbond substituents is 1. The Hall–Kier alpha value is -6.09. The van der Waals surface area contributed by atoms with Crippen LogP contribution in [0.1, 0.15) is 40.1 Å². The summed E-state index contributed by atoms with van der Waals surface area (Å²) in [7, 11) is 0. The highest BCUT2D eigenvalue weighted by Gasteiger charge is 2.64. The van der Waals surface area contributed by atoms with Gasteiger partial charge >= 0.3 is 29.8 Å². The topological polar surface area (TPSA) is 398 Å². The van der Waals surface area contributed by atoms with Crippen LogP contribution in [-0.2, 0) is 71.2 Å². The van der Waals surface area contributed by atoms with Gasteiger partial charge in [0.25, 0.3) is 0 Å². The summed E-state index contributed by atoms with van der Waals surface area (Å²) in [5.41, 5.74) is 0.233. The number of rotatable bonds is 20. The molecular formula is C51H60O27. The minimum atomic E-state index is -2.87. The van der Waals surface area contributed by atoms with Crippen molar-refractivity contribution in [2.24, 2.45) is 0 Å². The summed E-state index contributed by atoms with van der Waals surface area (Å²) in [4.78, 5) is 66.1. The Bertz CT molecular complexity index is 2500. The molecule has 10 N–H and O–H groups in total. The van der Waals surface area contributed by atoms with Gasteiger partial charge in [0.2, 0.25) is 5.79 Å². The molecule has 0 amide bonds. The predicted octanol–water partition coefficient (Wildman–Crippen LogP) is -2.91. The number of phenols is 1. The number of aliphatic hydroxyl groups excluding tert-OH is 9. The molecule has 3 aromatic rings. The zero-order valence-electron chi connectivity index (χ0n) is 41.6. The van der Waals surface area contributed by atoms with Crippen LogP contribution in [0.15, 0.2) is 91.0 Å². The lowest BCUT2D eigenvalue weighted by Crippen LogP contribution is -2.69. The van der Waals surface area contributed by atoms with Gasteiger partial charge in [0.1, 0.15) is 105 Å². The lowest BCUT2D eigenvalue weighted by Gasteiger charge is -2.50. The number of carbonyl (C=O) groups excluding carboxylic acids is 5. The van der Waals surface area contributed by atoms with Crippen molar-refractivity contribution in [1.29, 1.82) is 0 Å². The van der Waals surface area contributed by atoms with Gasteiger partial charge in [0.05, 0.1) is 24.3 Å². The fraction of sp³-hybridized carbons (Fsp3) is 0.510. The molecule has 0 bridgehead atoms. The second-order valence-electron chi connectivity index (χ2n) is 18.3. The predicted molar refractivity (Wildman–Crippen MR) is 253 cm³/mol. The molecule has 0 aromatic heterocycles. The summed E-state index contributed by atoms with van der Waals surface area (Å²) in [5.74, 6) is -8.19. The van der Waals surface area contributed by atoms with E-state index in [1.54, 1.807) is 12.1 Å². The van der Waals surface area contributed by atoms with E-state index in [-0.39, 0.29) is 16.9 Å². The van der Waals surface area contributed by atoms with Gasteiger partial charge in [-0.3, -0.25) is 9.59 Å². The molecule has 78 heavy (non-hydrogen) atoms. The van der Waals surface area contributed by atoms with Crippen molar-refractivity contribution in [2.45, 2.75) is 130 Å². The van der Waals surface area contributed by atoms with E-state index < -0.39 is 179 Å². The first-order chi connectivity index (χ1) is 37.2. The molecule has 3 aromatic carbocycles. The summed E-state index contributed by atoms with van der Waals surface area (Å²) in [6.07, 6.45) is -35.2. The number of hydrogen-bond acceptors (Lipinski definition) is 27. The van der Waals surface area contributed by atoms with Gasteiger partial charge in [-0.15, -0.1) is 0 Å². The molecular weight excluding hydrogens is 1040 g/mol. The van der Waals surface area contributed by atoms with Crippen molar-refractivity contribution in [3.05, 3.63) is 108 Å². The van der Waals surface area contributed by atoms with Crippen molar-refractivity contribution in [3.8, 4) is 5.75 Å². The Labute approximate surface area is 443 Å². The van der Waals surface area contributed by atoms with E-state index >= 15 is 0 Å². The Balaban J connectivity index is 1.40. The van der Waals surface area contributed by atoms with Crippen LogP contribution in [0.25, 0.3) is 6.08 Å². The molecule has 426 valence electrons. The highest BCUT2D eigenvalue weighted by atomic mass is 16.8. The van der Waals surface area contributed by atoms with Crippen LogP contribution in [0.4, 0.5) is 0 Å². The molecule has 27 nitrogen and oxygen atoms in total. The van der Waals surface area contributed by atoms with E-state index in [0.717, 1.165) is 19.9 Å². The van der Waals surface area contributed by atoms with E-state index in [9.17, 15) is 75.0 Å². The van der Waals surface area contributed by atoms with Crippen LogP contribution in [0, 0.1) is 0 Å². The van der Waals surface area contributed by atoms with Gasteiger partial charge in [-0.2, -0.15) is 0 Å². The van der Waals surface area contributed by atoms with Crippen LogP contribution < -0.4 is 0 Å². The molecule has 4 heterocycles. The number of carbonyl (C=O) groups is 5. The first-order valence-electron chi connectivity index (χ1n) is 24.3. The molecule has 19 atom stereocenters. The minimum Gasteiger partial charge on any atom is -0.508 e. The summed E-state index contributed by atoms with van der Waals surface area (Å²) >= 11 is 0.